The van der Waals surface area contributed by atoms with Crippen molar-refractivity contribution in [3.63, 3.8) is 0 Å². The van der Waals surface area contributed by atoms with Crippen LogP contribution in [-0.2, 0) is 6.42 Å². The minimum Gasteiger partial charge on any atom is -0.388 e. The van der Waals surface area contributed by atoms with Crippen molar-refractivity contribution in [3.05, 3.63) is 47.5 Å². The average molecular weight is 228 g/mol. The number of aromatic nitrogens is 2. The molecule has 3 rings (SSSR count). The Morgan fingerprint density at radius 2 is 2.29 bits per heavy atom. The highest BCUT2D eigenvalue weighted by molar-refractivity contribution is 5.43. The van der Waals surface area contributed by atoms with E-state index in [1.807, 2.05) is 30.7 Å². The van der Waals surface area contributed by atoms with Crippen LogP contribution in [0.1, 0.15) is 35.8 Å². The summed E-state index contributed by atoms with van der Waals surface area (Å²) in [6, 6.07) is 4.05. The minimum atomic E-state index is -0.294. The maximum atomic E-state index is 9.96. The van der Waals surface area contributed by atoms with Gasteiger partial charge in [0, 0.05) is 23.7 Å². The lowest BCUT2D eigenvalue weighted by molar-refractivity contribution is 0.156. The number of aryl methyl sites for hydroxylation is 1. The minimum absolute atomic E-state index is 0.294. The molecule has 0 amide bonds. The molecule has 0 fully saturated rings. The topological polar surface area (TPSA) is 38.0 Å². The number of aliphatic hydroxyl groups is 1. The van der Waals surface area contributed by atoms with Crippen molar-refractivity contribution >= 4 is 0 Å². The third-order valence-corrected chi connectivity index (χ3v) is 3.55. The fraction of sp³-hybridized carbons (Fsp3) is 0.357. The van der Waals surface area contributed by atoms with E-state index in [9.17, 15) is 5.11 Å². The first kappa shape index (κ1) is 10.5. The molecule has 2 aromatic heterocycles. The molecule has 1 atom stereocenters. The molecule has 2 heterocycles. The van der Waals surface area contributed by atoms with Gasteiger partial charge in [-0.25, -0.2) is 0 Å². The molecular formula is C14H16N2O. The van der Waals surface area contributed by atoms with Gasteiger partial charge in [-0.05, 0) is 43.9 Å². The summed E-state index contributed by atoms with van der Waals surface area (Å²) in [5.41, 5.74) is 4.64. The van der Waals surface area contributed by atoms with Crippen LogP contribution in [-0.4, -0.2) is 14.7 Å². The second kappa shape index (κ2) is 4.00. The van der Waals surface area contributed by atoms with Gasteiger partial charge < -0.3 is 9.67 Å². The van der Waals surface area contributed by atoms with E-state index in [0.717, 1.165) is 30.5 Å². The molecule has 88 valence electrons. The Morgan fingerprint density at radius 1 is 1.41 bits per heavy atom. The van der Waals surface area contributed by atoms with Gasteiger partial charge >= 0.3 is 0 Å². The summed E-state index contributed by atoms with van der Waals surface area (Å²) in [5.74, 6) is 0. The quantitative estimate of drug-likeness (QED) is 0.814. The Morgan fingerprint density at radius 3 is 3.12 bits per heavy atom. The summed E-state index contributed by atoms with van der Waals surface area (Å²) in [5, 5.41) is 9.96. The van der Waals surface area contributed by atoms with E-state index in [2.05, 4.69) is 16.5 Å². The third kappa shape index (κ3) is 1.67. The van der Waals surface area contributed by atoms with Gasteiger partial charge in [-0.3, -0.25) is 4.98 Å². The van der Waals surface area contributed by atoms with Gasteiger partial charge in [0.05, 0.1) is 18.0 Å². The summed E-state index contributed by atoms with van der Waals surface area (Å²) in [6.07, 6.45) is 8.41. The summed E-state index contributed by atoms with van der Waals surface area (Å²) >= 11 is 0. The van der Waals surface area contributed by atoms with Gasteiger partial charge in [0.1, 0.15) is 0 Å². The fourth-order valence-electron chi connectivity index (χ4n) is 2.60. The van der Waals surface area contributed by atoms with Crippen LogP contribution in [0.3, 0.4) is 0 Å². The van der Waals surface area contributed by atoms with Crippen LogP contribution >= 0.6 is 0 Å². The monoisotopic (exact) mass is 228 g/mol. The van der Waals surface area contributed by atoms with Crippen LogP contribution in [0, 0.1) is 6.92 Å². The number of rotatable bonds is 1. The molecule has 0 spiro atoms. The Labute approximate surface area is 101 Å². The predicted octanol–water partition coefficient (Wildman–Crippen LogP) is 2.55. The summed E-state index contributed by atoms with van der Waals surface area (Å²) in [6.45, 7) is 2.09. The molecule has 3 heteroatoms. The van der Waals surface area contributed by atoms with E-state index in [1.54, 1.807) is 0 Å². The second-order valence-electron chi connectivity index (χ2n) is 4.66. The number of fused-ring (bicyclic) bond motifs is 1. The number of hydrogen-bond acceptors (Lipinski definition) is 2. The van der Waals surface area contributed by atoms with Gasteiger partial charge in [-0.1, -0.05) is 0 Å². The van der Waals surface area contributed by atoms with E-state index >= 15 is 0 Å². The Balaban J connectivity index is 2.14. The first-order chi connectivity index (χ1) is 8.27. The maximum Gasteiger partial charge on any atom is 0.0807 e. The zero-order valence-corrected chi connectivity index (χ0v) is 9.93. The summed E-state index contributed by atoms with van der Waals surface area (Å²) < 4.78 is 2.17. The molecule has 0 radical (unpaired) electrons. The highest BCUT2D eigenvalue weighted by atomic mass is 16.3. The fourth-order valence-corrected chi connectivity index (χ4v) is 2.60. The standard InChI is InChI=1S/C14H16N2O/c1-10-5-7-15-9-13(10)16-8-6-11-12(16)3-2-4-14(11)17/h5-9,14,17H,2-4H2,1H3. The molecule has 0 saturated carbocycles. The van der Waals surface area contributed by atoms with Crippen molar-refractivity contribution in [2.24, 2.45) is 0 Å². The van der Waals surface area contributed by atoms with Crippen molar-refractivity contribution in [1.29, 1.82) is 0 Å². The van der Waals surface area contributed by atoms with Crippen molar-refractivity contribution < 1.29 is 5.11 Å². The highest BCUT2D eigenvalue weighted by Crippen LogP contribution is 2.32. The zero-order valence-electron chi connectivity index (χ0n) is 9.93. The molecule has 17 heavy (non-hydrogen) atoms. The van der Waals surface area contributed by atoms with E-state index in [4.69, 9.17) is 0 Å². The first-order valence-corrected chi connectivity index (χ1v) is 6.06. The number of aliphatic hydroxyl groups excluding tert-OH is 1. The van der Waals surface area contributed by atoms with Gasteiger partial charge in [-0.2, -0.15) is 0 Å². The van der Waals surface area contributed by atoms with Crippen LogP contribution in [0.2, 0.25) is 0 Å². The van der Waals surface area contributed by atoms with Gasteiger partial charge in [0.15, 0.2) is 0 Å². The van der Waals surface area contributed by atoms with E-state index in [-0.39, 0.29) is 6.10 Å². The lowest BCUT2D eigenvalue weighted by Gasteiger charge is -2.20. The Bertz CT molecular complexity index is 545. The largest absolute Gasteiger partial charge is 0.388 e. The molecule has 3 nitrogen and oxygen atoms in total. The zero-order chi connectivity index (χ0) is 11.8. The van der Waals surface area contributed by atoms with Crippen LogP contribution in [0.15, 0.2) is 30.7 Å². The van der Waals surface area contributed by atoms with Crippen LogP contribution in [0.4, 0.5) is 0 Å². The number of hydrogen-bond donors (Lipinski definition) is 1. The maximum absolute atomic E-state index is 9.96. The molecule has 0 saturated heterocycles. The first-order valence-electron chi connectivity index (χ1n) is 6.06. The van der Waals surface area contributed by atoms with Gasteiger partial charge in [0.25, 0.3) is 0 Å². The molecule has 0 aromatic carbocycles. The molecule has 0 bridgehead atoms. The molecule has 1 N–H and O–H groups in total. The number of pyridine rings is 1. The normalized spacial score (nSPS) is 19.1. The van der Waals surface area contributed by atoms with Crippen molar-refractivity contribution in [3.8, 4) is 5.69 Å². The lowest BCUT2D eigenvalue weighted by Crippen LogP contribution is -2.11. The van der Waals surface area contributed by atoms with Crippen LogP contribution in [0.5, 0.6) is 0 Å². The molecule has 1 unspecified atom stereocenters. The van der Waals surface area contributed by atoms with E-state index in [1.165, 1.54) is 11.3 Å². The third-order valence-electron chi connectivity index (χ3n) is 3.55. The average Bonchev–Trinajstić information content (AvgIpc) is 2.75. The summed E-state index contributed by atoms with van der Waals surface area (Å²) in [7, 11) is 0. The highest BCUT2D eigenvalue weighted by Gasteiger charge is 2.21. The molecular weight excluding hydrogens is 212 g/mol. The molecule has 1 aliphatic rings. The Hall–Kier alpha value is -1.61. The van der Waals surface area contributed by atoms with Crippen molar-refractivity contribution in [2.75, 3.05) is 0 Å². The lowest BCUT2D eigenvalue weighted by atomic mass is 9.95. The van der Waals surface area contributed by atoms with Crippen LogP contribution in [0.25, 0.3) is 5.69 Å². The Kier molecular flexibility index (Phi) is 2.48. The van der Waals surface area contributed by atoms with E-state index in [0.29, 0.717) is 0 Å². The number of nitrogens with zero attached hydrogens (tertiary/aromatic N) is 2. The second-order valence-corrected chi connectivity index (χ2v) is 4.66. The van der Waals surface area contributed by atoms with Gasteiger partial charge in [-0.15, -0.1) is 0 Å². The molecule has 2 aromatic rings. The van der Waals surface area contributed by atoms with Crippen molar-refractivity contribution in [2.45, 2.75) is 32.3 Å². The van der Waals surface area contributed by atoms with Crippen molar-refractivity contribution in [1.82, 2.24) is 9.55 Å². The molecule has 1 aliphatic carbocycles. The molecule has 0 aliphatic heterocycles. The summed E-state index contributed by atoms with van der Waals surface area (Å²) in [4.78, 5) is 4.19. The predicted molar refractivity (Wildman–Crippen MR) is 66.2 cm³/mol. The van der Waals surface area contributed by atoms with Crippen LogP contribution < -0.4 is 0 Å². The smallest absolute Gasteiger partial charge is 0.0807 e. The SMILES string of the molecule is Cc1ccncc1-n1ccc2c1CCCC2O. The van der Waals surface area contributed by atoms with Gasteiger partial charge in [0.2, 0.25) is 0 Å². The van der Waals surface area contributed by atoms with E-state index < -0.39 is 0 Å².